The molecule has 2 aromatic rings. The summed E-state index contributed by atoms with van der Waals surface area (Å²) in [5.74, 6) is -0.136. The summed E-state index contributed by atoms with van der Waals surface area (Å²) in [5, 5.41) is 0. The van der Waals surface area contributed by atoms with Crippen LogP contribution in [0, 0.1) is 5.82 Å². The van der Waals surface area contributed by atoms with Crippen LogP contribution in [0.15, 0.2) is 36.7 Å². The van der Waals surface area contributed by atoms with E-state index in [0.29, 0.717) is 5.82 Å². The zero-order valence-corrected chi connectivity index (χ0v) is 13.5. The number of anilines is 1. The van der Waals surface area contributed by atoms with Crippen molar-refractivity contribution in [2.45, 2.75) is 13.0 Å². The minimum Gasteiger partial charge on any atom is -0.364 e. The first kappa shape index (κ1) is 16.3. The van der Waals surface area contributed by atoms with Crippen LogP contribution in [0.3, 0.4) is 0 Å². The maximum Gasteiger partial charge on any atom is 0.268 e. The van der Waals surface area contributed by atoms with E-state index in [2.05, 4.69) is 26.7 Å². The Morgan fingerprint density at radius 1 is 1.25 bits per heavy atom. The zero-order chi connectivity index (χ0) is 17.1. The van der Waals surface area contributed by atoms with Gasteiger partial charge < -0.3 is 10.6 Å². The van der Waals surface area contributed by atoms with Crippen LogP contribution in [0.2, 0.25) is 0 Å². The number of nitrogens with zero attached hydrogens (tertiary/aromatic N) is 4. The third-order valence-electron chi connectivity index (χ3n) is 4.39. The first-order valence-corrected chi connectivity index (χ1v) is 7.91. The molecule has 24 heavy (non-hydrogen) atoms. The molecule has 1 atom stereocenters. The molecule has 2 heterocycles. The lowest BCUT2D eigenvalue weighted by Crippen LogP contribution is -2.47. The van der Waals surface area contributed by atoms with Gasteiger partial charge >= 0.3 is 0 Å². The molecule has 1 aliphatic heterocycles. The SMILES string of the molecule is C[C@@H](c1cccc(F)c1)N1CCN(c2cncc(C(N)=O)n2)CC1. The molecular formula is C17H20FN5O. The lowest BCUT2D eigenvalue weighted by molar-refractivity contribution is 0.0995. The maximum atomic E-state index is 13.4. The Kier molecular flexibility index (Phi) is 4.71. The molecule has 1 fully saturated rings. The number of piperazine rings is 1. The van der Waals surface area contributed by atoms with Crippen molar-refractivity contribution >= 4 is 11.7 Å². The molecule has 1 amide bonds. The molecule has 1 saturated heterocycles. The number of rotatable bonds is 4. The molecule has 7 heteroatoms. The second kappa shape index (κ2) is 6.92. The summed E-state index contributed by atoms with van der Waals surface area (Å²) in [4.78, 5) is 23.9. The van der Waals surface area contributed by atoms with Crippen LogP contribution in [0.25, 0.3) is 0 Å². The van der Waals surface area contributed by atoms with Gasteiger partial charge in [-0.25, -0.2) is 9.37 Å². The van der Waals surface area contributed by atoms with Crippen LogP contribution in [0.1, 0.15) is 29.0 Å². The molecular weight excluding hydrogens is 309 g/mol. The molecule has 0 spiro atoms. The van der Waals surface area contributed by atoms with E-state index < -0.39 is 5.91 Å². The number of carbonyl (C=O) groups is 1. The van der Waals surface area contributed by atoms with E-state index in [0.717, 1.165) is 31.7 Å². The predicted octanol–water partition coefficient (Wildman–Crippen LogP) is 1.60. The highest BCUT2D eigenvalue weighted by atomic mass is 19.1. The number of benzene rings is 1. The molecule has 1 aliphatic rings. The number of amides is 1. The van der Waals surface area contributed by atoms with E-state index in [1.54, 1.807) is 18.3 Å². The predicted molar refractivity (Wildman–Crippen MR) is 89.2 cm³/mol. The number of primary amides is 1. The number of hydrogen-bond acceptors (Lipinski definition) is 5. The average molecular weight is 329 g/mol. The fourth-order valence-electron chi connectivity index (χ4n) is 2.94. The Balaban J connectivity index is 1.65. The molecule has 0 bridgehead atoms. The first-order valence-electron chi connectivity index (χ1n) is 7.91. The van der Waals surface area contributed by atoms with Crippen LogP contribution in [0.4, 0.5) is 10.2 Å². The topological polar surface area (TPSA) is 75.3 Å². The number of aromatic nitrogens is 2. The van der Waals surface area contributed by atoms with Gasteiger partial charge in [0.25, 0.3) is 5.91 Å². The Labute approximate surface area is 140 Å². The lowest BCUT2D eigenvalue weighted by atomic mass is 10.1. The number of hydrogen-bond donors (Lipinski definition) is 1. The van der Waals surface area contributed by atoms with E-state index in [4.69, 9.17) is 5.73 Å². The van der Waals surface area contributed by atoms with Gasteiger partial charge in [-0.2, -0.15) is 0 Å². The summed E-state index contributed by atoms with van der Waals surface area (Å²) in [5.41, 5.74) is 6.39. The van der Waals surface area contributed by atoms with Gasteiger partial charge in [0.05, 0.1) is 12.4 Å². The summed E-state index contributed by atoms with van der Waals surface area (Å²) in [7, 11) is 0. The van der Waals surface area contributed by atoms with Gasteiger partial charge in [-0.05, 0) is 24.6 Å². The highest BCUT2D eigenvalue weighted by molar-refractivity contribution is 5.90. The van der Waals surface area contributed by atoms with E-state index in [9.17, 15) is 9.18 Å². The highest BCUT2D eigenvalue weighted by Crippen LogP contribution is 2.23. The monoisotopic (exact) mass is 329 g/mol. The van der Waals surface area contributed by atoms with Crippen molar-refractivity contribution in [2.75, 3.05) is 31.1 Å². The number of carbonyl (C=O) groups excluding carboxylic acids is 1. The Morgan fingerprint density at radius 3 is 2.67 bits per heavy atom. The van der Waals surface area contributed by atoms with Gasteiger partial charge in [0.1, 0.15) is 17.3 Å². The largest absolute Gasteiger partial charge is 0.364 e. The third kappa shape index (κ3) is 3.51. The Bertz CT molecular complexity index is 730. The van der Waals surface area contributed by atoms with Crippen LogP contribution in [-0.4, -0.2) is 47.0 Å². The van der Waals surface area contributed by atoms with Crippen LogP contribution >= 0.6 is 0 Å². The van der Waals surface area contributed by atoms with Crippen LogP contribution < -0.4 is 10.6 Å². The van der Waals surface area contributed by atoms with Gasteiger partial charge in [0.2, 0.25) is 0 Å². The second-order valence-electron chi connectivity index (χ2n) is 5.88. The summed E-state index contributed by atoms with van der Waals surface area (Å²) in [6.45, 7) is 5.24. The van der Waals surface area contributed by atoms with Crippen LogP contribution in [-0.2, 0) is 0 Å². The molecule has 0 saturated carbocycles. The van der Waals surface area contributed by atoms with E-state index in [1.807, 2.05) is 6.07 Å². The van der Waals surface area contributed by atoms with Crippen molar-refractivity contribution in [3.05, 3.63) is 53.7 Å². The minimum atomic E-state index is -0.581. The maximum absolute atomic E-state index is 13.4. The van der Waals surface area contributed by atoms with Crippen molar-refractivity contribution in [3.63, 3.8) is 0 Å². The summed E-state index contributed by atoms with van der Waals surface area (Å²) < 4.78 is 13.4. The van der Waals surface area contributed by atoms with Gasteiger partial charge in [-0.1, -0.05) is 12.1 Å². The van der Waals surface area contributed by atoms with Crippen molar-refractivity contribution < 1.29 is 9.18 Å². The molecule has 1 aromatic carbocycles. The molecule has 0 radical (unpaired) electrons. The Hall–Kier alpha value is -2.54. The molecule has 0 aliphatic carbocycles. The van der Waals surface area contributed by atoms with Gasteiger partial charge in [0, 0.05) is 32.2 Å². The summed E-state index contributed by atoms with van der Waals surface area (Å²) >= 11 is 0. The number of nitrogens with two attached hydrogens (primary N) is 1. The standard InChI is InChI=1S/C17H20FN5O/c1-12(13-3-2-4-14(18)9-13)22-5-7-23(8-6-22)16-11-20-10-15(21-16)17(19)24/h2-4,9-12H,5-8H2,1H3,(H2,19,24)/t12-/m0/s1. The third-order valence-corrected chi connectivity index (χ3v) is 4.39. The van der Waals surface area contributed by atoms with Crippen molar-refractivity contribution in [2.24, 2.45) is 5.73 Å². The van der Waals surface area contributed by atoms with Gasteiger partial charge in [-0.3, -0.25) is 14.7 Å². The second-order valence-corrected chi connectivity index (χ2v) is 5.88. The smallest absolute Gasteiger partial charge is 0.268 e. The molecule has 2 N–H and O–H groups in total. The zero-order valence-electron chi connectivity index (χ0n) is 13.5. The van der Waals surface area contributed by atoms with Crippen molar-refractivity contribution in [1.82, 2.24) is 14.9 Å². The molecule has 126 valence electrons. The number of halogens is 1. The lowest BCUT2D eigenvalue weighted by Gasteiger charge is -2.38. The van der Waals surface area contributed by atoms with Gasteiger partial charge in [0.15, 0.2) is 0 Å². The van der Waals surface area contributed by atoms with E-state index in [1.165, 1.54) is 12.3 Å². The fourth-order valence-corrected chi connectivity index (χ4v) is 2.94. The van der Waals surface area contributed by atoms with Crippen LogP contribution in [0.5, 0.6) is 0 Å². The quantitative estimate of drug-likeness (QED) is 0.922. The normalized spacial score (nSPS) is 16.8. The Morgan fingerprint density at radius 2 is 2.00 bits per heavy atom. The highest BCUT2D eigenvalue weighted by Gasteiger charge is 2.23. The molecule has 1 aromatic heterocycles. The fraction of sp³-hybridized carbons (Fsp3) is 0.353. The molecule has 6 nitrogen and oxygen atoms in total. The van der Waals surface area contributed by atoms with Crippen molar-refractivity contribution in [3.8, 4) is 0 Å². The minimum absolute atomic E-state index is 0.144. The van der Waals surface area contributed by atoms with Crippen molar-refractivity contribution in [1.29, 1.82) is 0 Å². The van der Waals surface area contributed by atoms with E-state index in [-0.39, 0.29) is 17.6 Å². The molecule has 0 unspecified atom stereocenters. The van der Waals surface area contributed by atoms with E-state index >= 15 is 0 Å². The summed E-state index contributed by atoms with van der Waals surface area (Å²) in [6, 6.07) is 6.87. The van der Waals surface area contributed by atoms with Gasteiger partial charge in [-0.15, -0.1) is 0 Å². The summed E-state index contributed by atoms with van der Waals surface area (Å²) in [6.07, 6.45) is 3.01. The first-order chi connectivity index (χ1) is 11.5. The molecule has 3 rings (SSSR count). The average Bonchev–Trinajstić information content (AvgIpc) is 2.61.